The van der Waals surface area contributed by atoms with Crippen LogP contribution < -0.4 is 4.74 Å². The lowest BCUT2D eigenvalue weighted by molar-refractivity contribution is 0.0724. The van der Waals surface area contributed by atoms with Gasteiger partial charge in [-0.05, 0) is 42.8 Å². The van der Waals surface area contributed by atoms with Gasteiger partial charge in [0.05, 0.1) is 20.2 Å². The molecule has 0 saturated heterocycles. The summed E-state index contributed by atoms with van der Waals surface area (Å²) >= 11 is 1.63. The second-order valence-electron chi connectivity index (χ2n) is 7.31. The lowest BCUT2D eigenvalue weighted by atomic mass is 9.93. The predicted octanol–water partition coefficient (Wildman–Crippen LogP) is 4.75. The largest absolute Gasteiger partial charge is 0.496 e. The van der Waals surface area contributed by atoms with E-state index >= 15 is 0 Å². The number of aromatic nitrogens is 1. The molecule has 0 spiro atoms. The molecule has 1 aromatic carbocycles. The summed E-state index contributed by atoms with van der Waals surface area (Å²) in [6.45, 7) is 2.81. The van der Waals surface area contributed by atoms with E-state index in [2.05, 4.69) is 4.98 Å². The van der Waals surface area contributed by atoms with Crippen molar-refractivity contribution < 1.29 is 14.3 Å². The number of rotatable bonds is 6. The highest BCUT2D eigenvalue weighted by atomic mass is 32.1. The smallest absolute Gasteiger partial charge is 0.271 e. The monoisotopic (exact) mass is 408 g/mol. The average molecular weight is 409 g/mol. The number of carbonyl (C=O) groups is 2. The molecular weight excluding hydrogens is 384 g/mol. The fourth-order valence-electron chi connectivity index (χ4n) is 3.98. The van der Waals surface area contributed by atoms with Gasteiger partial charge >= 0.3 is 0 Å². The van der Waals surface area contributed by atoms with Crippen molar-refractivity contribution in [2.45, 2.75) is 39.3 Å². The van der Waals surface area contributed by atoms with Crippen LogP contribution in [0, 0.1) is 6.92 Å². The summed E-state index contributed by atoms with van der Waals surface area (Å²) in [6.07, 6.45) is 2.20. The fourth-order valence-corrected chi connectivity index (χ4v) is 4.69. The van der Waals surface area contributed by atoms with Crippen LogP contribution in [0.4, 0.5) is 0 Å². The second kappa shape index (κ2) is 8.25. The molecule has 2 aromatic heterocycles. The fraction of sp³-hybridized carbons (Fsp3) is 0.304. The van der Waals surface area contributed by atoms with E-state index < -0.39 is 0 Å². The van der Waals surface area contributed by atoms with Gasteiger partial charge in [-0.3, -0.25) is 9.59 Å². The van der Waals surface area contributed by atoms with E-state index in [-0.39, 0.29) is 11.7 Å². The molecule has 0 bridgehead atoms. The van der Waals surface area contributed by atoms with Gasteiger partial charge in [-0.2, -0.15) is 0 Å². The molecule has 0 saturated carbocycles. The zero-order valence-corrected chi connectivity index (χ0v) is 17.5. The molecule has 0 radical (unpaired) electrons. The summed E-state index contributed by atoms with van der Waals surface area (Å²) in [4.78, 5) is 32.1. The average Bonchev–Trinajstić information content (AvgIpc) is 3.36. The number of hydrogen-bond donors (Lipinski definition) is 1. The number of thiophene rings is 1. The minimum Gasteiger partial charge on any atom is -0.496 e. The summed E-state index contributed by atoms with van der Waals surface area (Å²) in [7, 11) is 1.64. The SMILES string of the molecule is COc1ccccc1CN(Cc1cccs1)C(=O)c1[nH]c2c(c1C)C(=O)CCC2. The van der Waals surface area contributed by atoms with E-state index in [1.165, 1.54) is 0 Å². The van der Waals surface area contributed by atoms with Gasteiger partial charge in [0.25, 0.3) is 5.91 Å². The number of methoxy groups -OCH3 is 1. The summed E-state index contributed by atoms with van der Waals surface area (Å²) in [5.74, 6) is 0.798. The molecule has 6 heteroatoms. The minimum absolute atomic E-state index is 0.0935. The first-order valence-electron chi connectivity index (χ1n) is 9.76. The number of amides is 1. The summed E-state index contributed by atoms with van der Waals surface area (Å²) in [5.41, 5.74) is 3.86. The van der Waals surface area contributed by atoms with E-state index in [1.54, 1.807) is 18.4 Å². The number of para-hydroxylation sites is 1. The zero-order chi connectivity index (χ0) is 20.4. The van der Waals surface area contributed by atoms with E-state index in [0.29, 0.717) is 30.8 Å². The highest BCUT2D eigenvalue weighted by Gasteiger charge is 2.29. The standard InChI is InChI=1S/C23H24N2O3S/c1-15-21-18(9-5-10-19(21)26)24-22(15)23(27)25(14-17-8-6-12-29-17)13-16-7-3-4-11-20(16)28-2/h3-4,6-8,11-12,24H,5,9-10,13-14H2,1-2H3. The summed E-state index contributed by atoms with van der Waals surface area (Å²) < 4.78 is 5.48. The molecule has 4 rings (SSSR count). The van der Waals surface area contributed by atoms with Crippen LogP contribution in [-0.2, 0) is 19.5 Å². The Morgan fingerprint density at radius 3 is 2.72 bits per heavy atom. The number of benzene rings is 1. The highest BCUT2D eigenvalue weighted by molar-refractivity contribution is 7.09. The molecule has 2 heterocycles. The second-order valence-corrected chi connectivity index (χ2v) is 8.34. The van der Waals surface area contributed by atoms with E-state index in [0.717, 1.165) is 40.3 Å². The molecule has 0 fully saturated rings. The molecule has 150 valence electrons. The topological polar surface area (TPSA) is 62.4 Å². The molecule has 5 nitrogen and oxygen atoms in total. The molecule has 1 aliphatic rings. The Kier molecular flexibility index (Phi) is 5.53. The molecule has 1 aliphatic carbocycles. The van der Waals surface area contributed by atoms with Crippen LogP contribution in [0.15, 0.2) is 41.8 Å². The first kappa shape index (κ1) is 19.5. The molecule has 1 N–H and O–H groups in total. The Morgan fingerprint density at radius 2 is 2.00 bits per heavy atom. The number of carbonyl (C=O) groups excluding carboxylic acids is 2. The van der Waals surface area contributed by atoms with E-state index in [9.17, 15) is 9.59 Å². The van der Waals surface area contributed by atoms with Gasteiger partial charge in [0.2, 0.25) is 0 Å². The maximum absolute atomic E-state index is 13.6. The summed E-state index contributed by atoms with van der Waals surface area (Å²) in [6, 6.07) is 11.8. The van der Waals surface area contributed by atoms with Gasteiger partial charge in [-0.25, -0.2) is 0 Å². The number of nitrogens with one attached hydrogen (secondary N) is 1. The third-order valence-corrected chi connectivity index (χ3v) is 6.28. The Balaban J connectivity index is 1.69. The maximum atomic E-state index is 13.6. The number of aryl methyl sites for hydroxylation is 1. The van der Waals surface area contributed by atoms with Gasteiger partial charge in [-0.15, -0.1) is 11.3 Å². The molecule has 0 unspecified atom stereocenters. The maximum Gasteiger partial charge on any atom is 0.271 e. The molecule has 3 aromatic rings. The predicted molar refractivity (Wildman–Crippen MR) is 114 cm³/mol. The van der Waals surface area contributed by atoms with Gasteiger partial charge in [-0.1, -0.05) is 24.3 Å². The van der Waals surface area contributed by atoms with Crippen molar-refractivity contribution in [3.63, 3.8) is 0 Å². The Labute approximate surface area is 174 Å². The van der Waals surface area contributed by atoms with Crippen LogP contribution in [0.3, 0.4) is 0 Å². The van der Waals surface area contributed by atoms with Crippen molar-refractivity contribution in [1.82, 2.24) is 9.88 Å². The van der Waals surface area contributed by atoms with Gasteiger partial charge in [0.15, 0.2) is 5.78 Å². The number of hydrogen-bond acceptors (Lipinski definition) is 4. The Morgan fingerprint density at radius 1 is 1.17 bits per heavy atom. The number of Topliss-reactive ketones (excluding diaryl/α,β-unsaturated/α-hetero) is 1. The number of nitrogens with zero attached hydrogens (tertiary/aromatic N) is 1. The van der Waals surface area contributed by atoms with Crippen molar-refractivity contribution in [2.24, 2.45) is 0 Å². The quantitative estimate of drug-likeness (QED) is 0.640. The molecule has 0 aliphatic heterocycles. The van der Waals surface area contributed by atoms with Crippen LogP contribution in [0.5, 0.6) is 5.75 Å². The van der Waals surface area contributed by atoms with E-state index in [1.807, 2.05) is 53.6 Å². The number of ether oxygens (including phenoxy) is 1. The van der Waals surface area contributed by atoms with E-state index in [4.69, 9.17) is 4.74 Å². The molecular formula is C23H24N2O3S. The van der Waals surface area contributed by atoms with Crippen molar-refractivity contribution in [3.8, 4) is 5.75 Å². The van der Waals surface area contributed by atoms with Crippen molar-refractivity contribution >= 4 is 23.0 Å². The first-order chi connectivity index (χ1) is 14.1. The molecule has 1 amide bonds. The normalized spacial score (nSPS) is 13.2. The zero-order valence-electron chi connectivity index (χ0n) is 16.7. The van der Waals surface area contributed by atoms with Gasteiger partial charge in [0, 0.05) is 28.1 Å². The van der Waals surface area contributed by atoms with Crippen molar-refractivity contribution in [3.05, 3.63) is 74.7 Å². The van der Waals surface area contributed by atoms with Gasteiger partial charge in [0.1, 0.15) is 11.4 Å². The highest BCUT2D eigenvalue weighted by Crippen LogP contribution is 2.29. The lowest BCUT2D eigenvalue weighted by Crippen LogP contribution is -2.30. The first-order valence-corrected chi connectivity index (χ1v) is 10.6. The minimum atomic E-state index is -0.0935. The molecule has 29 heavy (non-hydrogen) atoms. The number of aromatic amines is 1. The number of H-pyrrole nitrogens is 1. The third-order valence-electron chi connectivity index (χ3n) is 5.42. The van der Waals surface area contributed by atoms with Crippen LogP contribution in [0.25, 0.3) is 0 Å². The Bertz CT molecular complexity index is 1040. The van der Waals surface area contributed by atoms with Gasteiger partial charge < -0.3 is 14.6 Å². The molecule has 0 atom stereocenters. The number of ketones is 1. The van der Waals surface area contributed by atoms with Crippen molar-refractivity contribution in [2.75, 3.05) is 7.11 Å². The lowest BCUT2D eigenvalue weighted by Gasteiger charge is -2.23. The number of fused-ring (bicyclic) bond motifs is 1. The van der Waals surface area contributed by atoms with Crippen LogP contribution >= 0.6 is 11.3 Å². The summed E-state index contributed by atoms with van der Waals surface area (Å²) in [5, 5.41) is 2.01. The van der Waals surface area contributed by atoms with Crippen LogP contribution in [0.2, 0.25) is 0 Å². The van der Waals surface area contributed by atoms with Crippen LogP contribution in [0.1, 0.15) is 55.4 Å². The Hall–Kier alpha value is -2.86. The third kappa shape index (κ3) is 3.85. The van der Waals surface area contributed by atoms with Crippen molar-refractivity contribution in [1.29, 1.82) is 0 Å². The van der Waals surface area contributed by atoms with Crippen LogP contribution in [-0.4, -0.2) is 28.7 Å².